The van der Waals surface area contributed by atoms with Gasteiger partial charge in [-0.05, 0) is 36.5 Å². The summed E-state index contributed by atoms with van der Waals surface area (Å²) in [7, 11) is 0. The summed E-state index contributed by atoms with van der Waals surface area (Å²) in [5.74, 6) is 1.64. The molecule has 0 unspecified atom stereocenters. The van der Waals surface area contributed by atoms with E-state index in [0.29, 0.717) is 5.41 Å². The molecule has 0 aliphatic heterocycles. The lowest BCUT2D eigenvalue weighted by molar-refractivity contribution is 0.0686. The molecular formula is C14H28O. The molecule has 90 valence electrons. The van der Waals surface area contributed by atoms with Gasteiger partial charge in [0.15, 0.2) is 0 Å². The zero-order valence-corrected chi connectivity index (χ0v) is 11.0. The van der Waals surface area contributed by atoms with Gasteiger partial charge < -0.3 is 4.74 Å². The predicted octanol–water partition coefficient (Wildman–Crippen LogP) is 4.27. The Kier molecular flexibility index (Phi) is 5.11. The normalized spacial score (nSPS) is 18.8. The van der Waals surface area contributed by atoms with Crippen molar-refractivity contribution in [2.45, 2.75) is 59.8 Å². The fourth-order valence-electron chi connectivity index (χ4n) is 2.08. The van der Waals surface area contributed by atoms with Crippen molar-refractivity contribution in [3.63, 3.8) is 0 Å². The Hall–Kier alpha value is -0.0400. The van der Waals surface area contributed by atoms with E-state index in [4.69, 9.17) is 4.74 Å². The van der Waals surface area contributed by atoms with Crippen LogP contribution in [0.25, 0.3) is 0 Å². The van der Waals surface area contributed by atoms with Crippen molar-refractivity contribution in [2.24, 2.45) is 17.3 Å². The third kappa shape index (κ3) is 4.55. The molecule has 1 aliphatic carbocycles. The van der Waals surface area contributed by atoms with Crippen LogP contribution >= 0.6 is 0 Å². The van der Waals surface area contributed by atoms with Gasteiger partial charge in [0, 0.05) is 6.61 Å². The van der Waals surface area contributed by atoms with E-state index < -0.39 is 0 Å². The summed E-state index contributed by atoms with van der Waals surface area (Å²) in [4.78, 5) is 0. The summed E-state index contributed by atoms with van der Waals surface area (Å²) in [5, 5.41) is 0. The lowest BCUT2D eigenvalue weighted by Gasteiger charge is -2.19. The number of rotatable bonds is 8. The van der Waals surface area contributed by atoms with E-state index in [9.17, 15) is 0 Å². The van der Waals surface area contributed by atoms with Gasteiger partial charge in [-0.3, -0.25) is 0 Å². The maximum Gasteiger partial charge on any atom is 0.0524 e. The van der Waals surface area contributed by atoms with E-state index in [1.165, 1.54) is 32.1 Å². The van der Waals surface area contributed by atoms with Gasteiger partial charge >= 0.3 is 0 Å². The molecule has 0 aromatic carbocycles. The van der Waals surface area contributed by atoms with Crippen molar-refractivity contribution in [2.75, 3.05) is 13.2 Å². The Morgan fingerprint density at radius 2 is 1.73 bits per heavy atom. The molecule has 0 heterocycles. The molecule has 1 fully saturated rings. The largest absolute Gasteiger partial charge is 0.381 e. The van der Waals surface area contributed by atoms with Gasteiger partial charge in [0.1, 0.15) is 0 Å². The van der Waals surface area contributed by atoms with Crippen LogP contribution in [0.2, 0.25) is 0 Å². The number of unbranched alkanes of at least 4 members (excludes halogenated alkanes) is 1. The van der Waals surface area contributed by atoms with Crippen molar-refractivity contribution in [1.29, 1.82) is 0 Å². The zero-order chi connectivity index (χ0) is 11.3. The highest BCUT2D eigenvalue weighted by Crippen LogP contribution is 2.51. The van der Waals surface area contributed by atoms with Crippen LogP contribution in [0, 0.1) is 17.3 Å². The lowest BCUT2D eigenvalue weighted by atomic mass is 9.93. The summed E-state index contributed by atoms with van der Waals surface area (Å²) >= 11 is 0. The van der Waals surface area contributed by atoms with Crippen LogP contribution < -0.4 is 0 Å². The molecule has 1 nitrogen and oxygen atoms in total. The van der Waals surface area contributed by atoms with Crippen molar-refractivity contribution in [3.8, 4) is 0 Å². The van der Waals surface area contributed by atoms with Gasteiger partial charge in [0.05, 0.1) is 6.61 Å². The minimum Gasteiger partial charge on any atom is -0.381 e. The van der Waals surface area contributed by atoms with Crippen molar-refractivity contribution >= 4 is 0 Å². The maximum absolute atomic E-state index is 5.80. The molecule has 1 rings (SSSR count). The first-order chi connectivity index (χ1) is 7.07. The summed E-state index contributed by atoms with van der Waals surface area (Å²) in [6.07, 6.45) is 6.69. The van der Waals surface area contributed by atoms with Crippen LogP contribution in [0.1, 0.15) is 59.8 Å². The fraction of sp³-hybridized carbons (Fsp3) is 1.00. The topological polar surface area (TPSA) is 9.23 Å². The molecular weight excluding hydrogens is 184 g/mol. The van der Waals surface area contributed by atoms with Crippen LogP contribution in [0.5, 0.6) is 0 Å². The summed E-state index contributed by atoms with van der Waals surface area (Å²) < 4.78 is 5.80. The molecule has 0 N–H and O–H groups in total. The Balaban J connectivity index is 1.93. The van der Waals surface area contributed by atoms with Gasteiger partial charge in [0.2, 0.25) is 0 Å². The first kappa shape index (κ1) is 13.0. The van der Waals surface area contributed by atoms with Gasteiger partial charge in [-0.1, -0.05) is 40.5 Å². The van der Waals surface area contributed by atoms with E-state index in [1.54, 1.807) is 0 Å². The quantitative estimate of drug-likeness (QED) is 0.546. The smallest absolute Gasteiger partial charge is 0.0524 e. The van der Waals surface area contributed by atoms with Crippen LogP contribution in [-0.4, -0.2) is 13.2 Å². The van der Waals surface area contributed by atoms with E-state index >= 15 is 0 Å². The average molecular weight is 212 g/mol. The molecule has 1 heteroatoms. The van der Waals surface area contributed by atoms with Gasteiger partial charge in [-0.15, -0.1) is 0 Å². The molecule has 0 aromatic rings. The Morgan fingerprint density at radius 3 is 2.20 bits per heavy atom. The second-order valence-electron chi connectivity index (χ2n) is 5.96. The van der Waals surface area contributed by atoms with Crippen molar-refractivity contribution < 1.29 is 4.74 Å². The Labute approximate surface area is 95.6 Å². The first-order valence-electron chi connectivity index (χ1n) is 6.64. The summed E-state index contributed by atoms with van der Waals surface area (Å²) in [5.41, 5.74) is 0.568. The molecule has 0 spiro atoms. The van der Waals surface area contributed by atoms with Crippen molar-refractivity contribution in [1.82, 2.24) is 0 Å². The zero-order valence-electron chi connectivity index (χ0n) is 11.0. The van der Waals surface area contributed by atoms with Gasteiger partial charge in [-0.2, -0.15) is 0 Å². The maximum atomic E-state index is 5.80. The fourth-order valence-corrected chi connectivity index (χ4v) is 2.08. The second-order valence-corrected chi connectivity index (χ2v) is 5.96. The monoisotopic (exact) mass is 212 g/mol. The third-order valence-corrected chi connectivity index (χ3v) is 3.83. The summed E-state index contributed by atoms with van der Waals surface area (Å²) in [6, 6.07) is 0. The highest BCUT2D eigenvalue weighted by molar-refractivity contribution is 4.95. The Bertz CT molecular complexity index is 168. The van der Waals surface area contributed by atoms with E-state index in [2.05, 4.69) is 27.7 Å². The molecule has 1 aliphatic rings. The molecule has 0 saturated heterocycles. The second kappa shape index (κ2) is 5.89. The van der Waals surface area contributed by atoms with Gasteiger partial charge in [-0.25, -0.2) is 0 Å². The van der Waals surface area contributed by atoms with Crippen LogP contribution in [0.4, 0.5) is 0 Å². The number of ether oxygens (including phenoxy) is 1. The highest BCUT2D eigenvalue weighted by Gasteiger charge is 2.45. The molecule has 0 bridgehead atoms. The van der Waals surface area contributed by atoms with Crippen LogP contribution in [-0.2, 0) is 4.74 Å². The highest BCUT2D eigenvalue weighted by atomic mass is 16.5. The van der Waals surface area contributed by atoms with Gasteiger partial charge in [0.25, 0.3) is 0 Å². The Morgan fingerprint density at radius 1 is 1.07 bits per heavy atom. The molecule has 15 heavy (non-hydrogen) atoms. The van der Waals surface area contributed by atoms with Crippen LogP contribution in [0.3, 0.4) is 0 Å². The SMILES string of the molecule is CC(C)CCCCOCC1(C(C)C)CC1. The molecule has 0 aromatic heterocycles. The van der Waals surface area contributed by atoms with E-state index in [1.807, 2.05) is 0 Å². The minimum absolute atomic E-state index is 0.568. The predicted molar refractivity (Wildman–Crippen MR) is 66.0 cm³/mol. The average Bonchev–Trinajstić information content (AvgIpc) is 2.91. The standard InChI is InChI=1S/C14H28O/c1-12(2)7-5-6-10-15-11-14(8-9-14)13(3)4/h12-13H,5-11H2,1-4H3. The molecule has 1 saturated carbocycles. The molecule has 0 radical (unpaired) electrons. The molecule has 0 amide bonds. The summed E-state index contributed by atoms with van der Waals surface area (Å²) in [6.45, 7) is 11.2. The third-order valence-electron chi connectivity index (χ3n) is 3.83. The van der Waals surface area contributed by atoms with E-state index in [-0.39, 0.29) is 0 Å². The van der Waals surface area contributed by atoms with Crippen molar-refractivity contribution in [3.05, 3.63) is 0 Å². The first-order valence-corrected chi connectivity index (χ1v) is 6.64. The van der Waals surface area contributed by atoms with E-state index in [0.717, 1.165) is 25.0 Å². The molecule has 0 atom stereocenters. The number of hydrogen-bond acceptors (Lipinski definition) is 1. The minimum atomic E-state index is 0.568. The van der Waals surface area contributed by atoms with Crippen LogP contribution in [0.15, 0.2) is 0 Å². The lowest BCUT2D eigenvalue weighted by Crippen LogP contribution is -2.17. The number of hydrogen-bond donors (Lipinski definition) is 0.